The van der Waals surface area contributed by atoms with Gasteiger partial charge in [-0.1, -0.05) is 20.8 Å². The van der Waals surface area contributed by atoms with E-state index in [0.717, 1.165) is 12.8 Å². The maximum atomic E-state index is 12.3. The molecule has 0 spiro atoms. The molecule has 1 aliphatic heterocycles. The zero-order valence-corrected chi connectivity index (χ0v) is 11.2. The smallest absolute Gasteiger partial charge is 0.427 e. The SMILES string of the molecule is CC1(C)[C@H]2OC(=O)O[C@H]2C[C@]2(C)C(=O)CCC[C@@H]12. The molecular formula is C14H20O4. The maximum Gasteiger partial charge on any atom is 0.509 e. The summed E-state index contributed by atoms with van der Waals surface area (Å²) >= 11 is 0. The average molecular weight is 252 g/mol. The minimum Gasteiger partial charge on any atom is -0.427 e. The van der Waals surface area contributed by atoms with E-state index in [9.17, 15) is 9.59 Å². The molecule has 0 radical (unpaired) electrons. The molecule has 0 amide bonds. The third kappa shape index (κ3) is 1.38. The molecular weight excluding hydrogens is 232 g/mol. The van der Waals surface area contributed by atoms with Crippen LogP contribution in [0.1, 0.15) is 46.5 Å². The number of carbonyl (C=O) groups is 2. The van der Waals surface area contributed by atoms with Gasteiger partial charge in [-0.25, -0.2) is 4.79 Å². The molecule has 2 aliphatic carbocycles. The first-order chi connectivity index (χ1) is 8.35. The first-order valence-electron chi connectivity index (χ1n) is 6.76. The number of ether oxygens (including phenoxy) is 2. The lowest BCUT2D eigenvalue weighted by molar-refractivity contribution is -0.158. The van der Waals surface area contributed by atoms with E-state index in [1.165, 1.54) is 0 Å². The van der Waals surface area contributed by atoms with Crippen LogP contribution in [0.5, 0.6) is 0 Å². The number of carbonyl (C=O) groups excluding carboxylic acids is 2. The summed E-state index contributed by atoms with van der Waals surface area (Å²) < 4.78 is 10.6. The molecule has 100 valence electrons. The summed E-state index contributed by atoms with van der Waals surface area (Å²) in [7, 11) is 0. The normalized spacial score (nSPS) is 45.8. The van der Waals surface area contributed by atoms with Crippen molar-refractivity contribution >= 4 is 11.9 Å². The number of rotatable bonds is 0. The Hall–Kier alpha value is -1.06. The summed E-state index contributed by atoms with van der Waals surface area (Å²) in [6.07, 6.45) is 2.24. The molecule has 0 aromatic heterocycles. The second-order valence-electron chi connectivity index (χ2n) is 6.76. The fourth-order valence-electron chi connectivity index (χ4n) is 4.50. The fraction of sp³-hybridized carbons (Fsp3) is 0.857. The van der Waals surface area contributed by atoms with Crippen LogP contribution in [-0.2, 0) is 14.3 Å². The molecule has 3 fully saturated rings. The molecule has 2 saturated carbocycles. The highest BCUT2D eigenvalue weighted by molar-refractivity contribution is 5.86. The summed E-state index contributed by atoms with van der Waals surface area (Å²) in [5.41, 5.74) is -0.545. The first-order valence-corrected chi connectivity index (χ1v) is 6.76. The second kappa shape index (κ2) is 3.49. The van der Waals surface area contributed by atoms with Gasteiger partial charge in [0.25, 0.3) is 0 Å². The van der Waals surface area contributed by atoms with Crippen molar-refractivity contribution in [2.75, 3.05) is 0 Å². The number of hydrogen-bond acceptors (Lipinski definition) is 4. The zero-order chi connectivity index (χ0) is 13.1. The number of hydrogen-bond donors (Lipinski definition) is 0. The Bertz CT molecular complexity index is 414. The predicted octanol–water partition coefficient (Wildman–Crippen LogP) is 2.70. The Balaban J connectivity index is 2.02. The molecule has 4 atom stereocenters. The van der Waals surface area contributed by atoms with Gasteiger partial charge in [-0.2, -0.15) is 0 Å². The lowest BCUT2D eigenvalue weighted by atomic mass is 9.49. The van der Waals surface area contributed by atoms with Crippen molar-refractivity contribution in [2.45, 2.75) is 58.7 Å². The molecule has 0 bridgehead atoms. The lowest BCUT2D eigenvalue weighted by Gasteiger charge is -2.54. The third-order valence-electron chi connectivity index (χ3n) is 5.37. The van der Waals surface area contributed by atoms with Crippen LogP contribution in [0.25, 0.3) is 0 Å². The van der Waals surface area contributed by atoms with Gasteiger partial charge in [0.2, 0.25) is 0 Å². The fourth-order valence-corrected chi connectivity index (χ4v) is 4.50. The summed E-state index contributed by atoms with van der Waals surface area (Å²) in [5.74, 6) is 0.607. The van der Waals surface area contributed by atoms with Crippen molar-refractivity contribution in [1.29, 1.82) is 0 Å². The summed E-state index contributed by atoms with van der Waals surface area (Å²) in [6, 6.07) is 0. The van der Waals surface area contributed by atoms with Gasteiger partial charge in [-0.3, -0.25) is 4.79 Å². The number of ketones is 1. The van der Waals surface area contributed by atoms with E-state index in [1.54, 1.807) is 0 Å². The third-order valence-corrected chi connectivity index (χ3v) is 5.37. The van der Waals surface area contributed by atoms with Gasteiger partial charge in [-0.05, 0) is 18.8 Å². The monoisotopic (exact) mass is 252 g/mol. The molecule has 0 aromatic carbocycles. The zero-order valence-electron chi connectivity index (χ0n) is 11.2. The quantitative estimate of drug-likeness (QED) is 0.622. The average Bonchev–Trinajstić information content (AvgIpc) is 2.63. The highest BCUT2D eigenvalue weighted by Crippen LogP contribution is 2.58. The van der Waals surface area contributed by atoms with Crippen LogP contribution in [0.15, 0.2) is 0 Å². The van der Waals surface area contributed by atoms with E-state index >= 15 is 0 Å². The predicted molar refractivity (Wildman–Crippen MR) is 64.0 cm³/mol. The van der Waals surface area contributed by atoms with E-state index in [2.05, 4.69) is 13.8 Å². The van der Waals surface area contributed by atoms with E-state index in [-0.39, 0.29) is 29.0 Å². The maximum absolute atomic E-state index is 12.3. The standard InChI is InChI=1S/C14H20O4/c1-13(2)9-5-4-6-10(15)14(9,3)7-8-11(13)18-12(16)17-8/h8-9,11H,4-7H2,1-3H3/t8-,9-,11-,14-/m0/s1. The molecule has 1 heterocycles. The van der Waals surface area contributed by atoms with Gasteiger partial charge in [0.15, 0.2) is 0 Å². The largest absolute Gasteiger partial charge is 0.509 e. The summed E-state index contributed by atoms with van der Waals surface area (Å²) in [4.78, 5) is 23.7. The Kier molecular flexibility index (Phi) is 2.32. The van der Waals surface area contributed by atoms with Crippen LogP contribution in [0.3, 0.4) is 0 Å². The van der Waals surface area contributed by atoms with Crippen LogP contribution in [-0.4, -0.2) is 24.1 Å². The van der Waals surface area contributed by atoms with Crippen molar-refractivity contribution < 1.29 is 19.1 Å². The molecule has 0 aromatic rings. The topological polar surface area (TPSA) is 52.6 Å². The van der Waals surface area contributed by atoms with Crippen molar-refractivity contribution in [3.63, 3.8) is 0 Å². The molecule has 0 N–H and O–H groups in total. The van der Waals surface area contributed by atoms with Crippen LogP contribution in [0.4, 0.5) is 4.79 Å². The summed E-state index contributed by atoms with van der Waals surface area (Å²) in [5, 5.41) is 0. The minimum atomic E-state index is -0.576. The van der Waals surface area contributed by atoms with Crippen molar-refractivity contribution in [3.8, 4) is 0 Å². The van der Waals surface area contributed by atoms with Gasteiger partial charge in [0, 0.05) is 23.7 Å². The Morgan fingerprint density at radius 2 is 1.89 bits per heavy atom. The van der Waals surface area contributed by atoms with E-state index in [4.69, 9.17) is 9.47 Å². The molecule has 18 heavy (non-hydrogen) atoms. The van der Waals surface area contributed by atoms with Crippen LogP contribution < -0.4 is 0 Å². The lowest BCUT2D eigenvalue weighted by Crippen LogP contribution is -2.59. The summed E-state index contributed by atoms with van der Waals surface area (Å²) in [6.45, 7) is 6.25. The van der Waals surface area contributed by atoms with Gasteiger partial charge < -0.3 is 9.47 Å². The van der Waals surface area contributed by atoms with Crippen LogP contribution >= 0.6 is 0 Å². The van der Waals surface area contributed by atoms with Crippen molar-refractivity contribution in [1.82, 2.24) is 0 Å². The molecule has 4 nitrogen and oxygen atoms in total. The highest BCUT2D eigenvalue weighted by Gasteiger charge is 2.63. The van der Waals surface area contributed by atoms with Crippen LogP contribution in [0.2, 0.25) is 0 Å². The molecule has 0 unspecified atom stereocenters. The molecule has 1 saturated heterocycles. The number of fused-ring (bicyclic) bond motifs is 2. The van der Waals surface area contributed by atoms with Gasteiger partial charge >= 0.3 is 6.16 Å². The van der Waals surface area contributed by atoms with Crippen molar-refractivity contribution in [3.05, 3.63) is 0 Å². The Labute approximate surface area is 107 Å². The Morgan fingerprint density at radius 1 is 1.17 bits per heavy atom. The molecule has 3 aliphatic rings. The van der Waals surface area contributed by atoms with Gasteiger partial charge in [0.1, 0.15) is 18.0 Å². The number of Topliss-reactive ketones (excluding diaryl/α,β-unsaturated/α-hetero) is 1. The van der Waals surface area contributed by atoms with E-state index in [1.807, 2.05) is 6.92 Å². The second-order valence-corrected chi connectivity index (χ2v) is 6.76. The highest BCUT2D eigenvalue weighted by atomic mass is 16.8. The van der Waals surface area contributed by atoms with E-state index < -0.39 is 6.16 Å². The van der Waals surface area contributed by atoms with E-state index in [0.29, 0.717) is 18.6 Å². The van der Waals surface area contributed by atoms with Gasteiger partial charge in [0.05, 0.1) is 0 Å². The minimum absolute atomic E-state index is 0.195. The Morgan fingerprint density at radius 3 is 2.61 bits per heavy atom. The first kappa shape index (κ1) is 12.0. The van der Waals surface area contributed by atoms with Gasteiger partial charge in [-0.15, -0.1) is 0 Å². The molecule has 4 heteroatoms. The van der Waals surface area contributed by atoms with Crippen molar-refractivity contribution in [2.24, 2.45) is 16.7 Å². The molecule has 3 rings (SSSR count). The van der Waals surface area contributed by atoms with Crippen LogP contribution in [0, 0.1) is 16.7 Å².